The van der Waals surface area contributed by atoms with Gasteiger partial charge >= 0.3 is 5.97 Å². The molecule has 1 aliphatic rings. The Labute approximate surface area is 121 Å². The van der Waals surface area contributed by atoms with Gasteiger partial charge in [0.2, 0.25) is 0 Å². The number of rotatable bonds is 4. The van der Waals surface area contributed by atoms with Crippen molar-refractivity contribution in [3.63, 3.8) is 0 Å². The first kappa shape index (κ1) is 13.8. The van der Waals surface area contributed by atoms with E-state index in [9.17, 15) is 4.79 Å². The SMILES string of the molecule is O=C(O)C1CCN(c2ccc3c(c2)nnn3CCO)CC1. The second kappa shape index (κ2) is 5.69. The standard InChI is InChI=1S/C14H18N4O3/c19-8-7-18-13-2-1-11(9-12(13)15-16-18)17-5-3-10(4-6-17)14(20)21/h1-2,9-10,19H,3-8H2,(H,20,21). The number of anilines is 1. The lowest BCUT2D eigenvalue weighted by molar-refractivity contribution is -0.142. The molecule has 2 heterocycles. The first-order valence-electron chi connectivity index (χ1n) is 7.11. The van der Waals surface area contributed by atoms with Gasteiger partial charge in [0.25, 0.3) is 0 Å². The molecule has 0 bridgehead atoms. The van der Waals surface area contributed by atoms with E-state index in [1.807, 2.05) is 18.2 Å². The van der Waals surface area contributed by atoms with Crippen LogP contribution in [0.3, 0.4) is 0 Å². The summed E-state index contributed by atoms with van der Waals surface area (Å²) < 4.78 is 1.68. The lowest BCUT2D eigenvalue weighted by atomic mass is 9.97. The lowest BCUT2D eigenvalue weighted by Crippen LogP contribution is -2.36. The van der Waals surface area contributed by atoms with Gasteiger partial charge in [-0.3, -0.25) is 4.79 Å². The van der Waals surface area contributed by atoms with Crippen LogP contribution in [0.15, 0.2) is 18.2 Å². The maximum Gasteiger partial charge on any atom is 0.306 e. The molecule has 0 radical (unpaired) electrons. The monoisotopic (exact) mass is 290 g/mol. The number of aliphatic hydroxyl groups is 1. The molecule has 0 unspecified atom stereocenters. The molecule has 0 atom stereocenters. The maximum atomic E-state index is 11.0. The molecule has 1 aromatic heterocycles. The van der Waals surface area contributed by atoms with Crippen molar-refractivity contribution < 1.29 is 15.0 Å². The Hall–Kier alpha value is -2.15. The molecule has 1 aromatic carbocycles. The first-order chi connectivity index (χ1) is 10.2. The average Bonchev–Trinajstić information content (AvgIpc) is 2.90. The molecule has 2 aromatic rings. The number of piperidine rings is 1. The molecule has 1 fully saturated rings. The summed E-state index contributed by atoms with van der Waals surface area (Å²) in [6.45, 7) is 1.95. The second-order valence-electron chi connectivity index (χ2n) is 5.31. The van der Waals surface area contributed by atoms with Gasteiger partial charge in [-0.1, -0.05) is 5.21 Å². The molecule has 0 spiro atoms. The highest BCUT2D eigenvalue weighted by Gasteiger charge is 2.24. The van der Waals surface area contributed by atoms with E-state index in [-0.39, 0.29) is 12.5 Å². The number of fused-ring (bicyclic) bond motifs is 1. The van der Waals surface area contributed by atoms with E-state index in [4.69, 9.17) is 10.2 Å². The van der Waals surface area contributed by atoms with Crippen LogP contribution in [0.1, 0.15) is 12.8 Å². The van der Waals surface area contributed by atoms with Gasteiger partial charge in [0.15, 0.2) is 0 Å². The molecule has 1 saturated heterocycles. The van der Waals surface area contributed by atoms with Crippen molar-refractivity contribution in [1.82, 2.24) is 15.0 Å². The first-order valence-corrected chi connectivity index (χ1v) is 7.11. The fourth-order valence-corrected chi connectivity index (χ4v) is 2.80. The number of aromatic nitrogens is 3. The summed E-state index contributed by atoms with van der Waals surface area (Å²) in [6, 6.07) is 5.92. The molecule has 3 rings (SSSR count). The van der Waals surface area contributed by atoms with E-state index < -0.39 is 5.97 Å². The zero-order valence-electron chi connectivity index (χ0n) is 11.6. The van der Waals surface area contributed by atoms with E-state index in [1.165, 1.54) is 0 Å². The van der Waals surface area contributed by atoms with Crippen LogP contribution in [0, 0.1) is 5.92 Å². The summed E-state index contributed by atoms with van der Waals surface area (Å²) in [4.78, 5) is 13.2. The summed E-state index contributed by atoms with van der Waals surface area (Å²) in [5.41, 5.74) is 2.73. The van der Waals surface area contributed by atoms with Gasteiger partial charge < -0.3 is 15.1 Å². The zero-order valence-corrected chi connectivity index (χ0v) is 11.6. The molecule has 0 amide bonds. The van der Waals surface area contributed by atoms with Crippen LogP contribution >= 0.6 is 0 Å². The molecular formula is C14H18N4O3. The highest BCUT2D eigenvalue weighted by atomic mass is 16.4. The number of nitrogens with zero attached hydrogens (tertiary/aromatic N) is 4. The van der Waals surface area contributed by atoms with Crippen molar-refractivity contribution in [2.45, 2.75) is 19.4 Å². The fraction of sp³-hybridized carbons (Fsp3) is 0.500. The zero-order chi connectivity index (χ0) is 14.8. The Morgan fingerprint density at radius 1 is 1.33 bits per heavy atom. The minimum atomic E-state index is -0.697. The Morgan fingerprint density at radius 3 is 2.76 bits per heavy atom. The number of aliphatic carboxylic acids is 1. The quantitative estimate of drug-likeness (QED) is 0.862. The van der Waals surface area contributed by atoms with Gasteiger partial charge in [-0.15, -0.1) is 5.10 Å². The Balaban J connectivity index is 1.78. The van der Waals surface area contributed by atoms with E-state index in [0.29, 0.717) is 19.4 Å². The van der Waals surface area contributed by atoms with Crippen LogP contribution in [-0.2, 0) is 11.3 Å². The van der Waals surface area contributed by atoms with Crippen molar-refractivity contribution in [2.24, 2.45) is 5.92 Å². The molecule has 0 saturated carbocycles. The number of carbonyl (C=O) groups is 1. The molecule has 7 heteroatoms. The number of benzene rings is 1. The van der Waals surface area contributed by atoms with Crippen LogP contribution < -0.4 is 4.90 Å². The normalized spacial score (nSPS) is 16.5. The predicted octanol–water partition coefficient (Wildman–Crippen LogP) is 0.725. The van der Waals surface area contributed by atoms with Crippen molar-refractivity contribution in [3.05, 3.63) is 18.2 Å². The van der Waals surface area contributed by atoms with Crippen molar-refractivity contribution in [1.29, 1.82) is 0 Å². The maximum absolute atomic E-state index is 11.0. The predicted molar refractivity (Wildman–Crippen MR) is 77.2 cm³/mol. The fourth-order valence-electron chi connectivity index (χ4n) is 2.80. The molecule has 7 nitrogen and oxygen atoms in total. The Morgan fingerprint density at radius 2 is 2.10 bits per heavy atom. The third-order valence-electron chi connectivity index (χ3n) is 4.02. The molecular weight excluding hydrogens is 272 g/mol. The van der Waals surface area contributed by atoms with E-state index in [1.54, 1.807) is 4.68 Å². The van der Waals surface area contributed by atoms with Crippen molar-refractivity contribution in [3.8, 4) is 0 Å². The minimum absolute atomic E-state index is 0.0307. The number of carboxylic acids is 1. The van der Waals surface area contributed by atoms with Gasteiger partial charge in [-0.2, -0.15) is 0 Å². The number of hydrogen-bond acceptors (Lipinski definition) is 5. The van der Waals surface area contributed by atoms with Crippen LogP contribution in [0.25, 0.3) is 11.0 Å². The summed E-state index contributed by atoms with van der Waals surface area (Å²) in [5, 5.41) is 26.1. The molecule has 2 N–H and O–H groups in total. The van der Waals surface area contributed by atoms with Gasteiger partial charge in [0.05, 0.1) is 24.6 Å². The second-order valence-corrected chi connectivity index (χ2v) is 5.31. The van der Waals surface area contributed by atoms with Crippen molar-refractivity contribution >= 4 is 22.7 Å². The average molecular weight is 290 g/mol. The highest BCUT2D eigenvalue weighted by Crippen LogP contribution is 2.26. The van der Waals surface area contributed by atoms with Crippen LogP contribution in [0.5, 0.6) is 0 Å². The lowest BCUT2D eigenvalue weighted by Gasteiger charge is -2.31. The topological polar surface area (TPSA) is 91.5 Å². The molecule has 112 valence electrons. The third kappa shape index (κ3) is 2.69. The molecule has 21 heavy (non-hydrogen) atoms. The minimum Gasteiger partial charge on any atom is -0.481 e. The smallest absolute Gasteiger partial charge is 0.306 e. The molecule has 0 aliphatic carbocycles. The van der Waals surface area contributed by atoms with Crippen LogP contribution in [-0.4, -0.2) is 50.9 Å². The number of carboxylic acid groups (broad SMARTS) is 1. The van der Waals surface area contributed by atoms with Crippen LogP contribution in [0.4, 0.5) is 5.69 Å². The summed E-state index contributed by atoms with van der Waals surface area (Å²) in [6.07, 6.45) is 1.34. The van der Waals surface area contributed by atoms with Crippen LogP contribution in [0.2, 0.25) is 0 Å². The van der Waals surface area contributed by atoms with E-state index in [0.717, 1.165) is 29.8 Å². The highest BCUT2D eigenvalue weighted by molar-refractivity contribution is 5.79. The van der Waals surface area contributed by atoms with Gasteiger partial charge in [-0.25, -0.2) is 4.68 Å². The van der Waals surface area contributed by atoms with E-state index >= 15 is 0 Å². The Bertz CT molecular complexity index is 647. The number of hydrogen-bond donors (Lipinski definition) is 2. The van der Waals surface area contributed by atoms with Gasteiger partial charge in [-0.05, 0) is 31.0 Å². The van der Waals surface area contributed by atoms with E-state index in [2.05, 4.69) is 15.2 Å². The van der Waals surface area contributed by atoms with Gasteiger partial charge in [0.1, 0.15) is 5.52 Å². The van der Waals surface area contributed by atoms with Gasteiger partial charge in [0, 0.05) is 18.8 Å². The summed E-state index contributed by atoms with van der Waals surface area (Å²) in [7, 11) is 0. The third-order valence-corrected chi connectivity index (χ3v) is 4.02. The largest absolute Gasteiger partial charge is 0.481 e. The summed E-state index contributed by atoms with van der Waals surface area (Å²) >= 11 is 0. The Kier molecular flexibility index (Phi) is 3.74. The van der Waals surface area contributed by atoms with Crippen molar-refractivity contribution in [2.75, 3.05) is 24.6 Å². The molecule has 1 aliphatic heterocycles. The number of aliphatic hydroxyl groups excluding tert-OH is 1. The summed E-state index contributed by atoms with van der Waals surface area (Å²) in [5.74, 6) is -0.924.